The summed E-state index contributed by atoms with van der Waals surface area (Å²) in [6.45, 7) is 5.00. The topological polar surface area (TPSA) is 58.1 Å². The molecule has 3 heterocycles. The minimum atomic E-state index is -0.0427. The highest BCUT2D eigenvalue weighted by atomic mass is 16.1. The molecule has 0 spiro atoms. The second kappa shape index (κ2) is 8.53. The maximum absolute atomic E-state index is 12.2. The van der Waals surface area contributed by atoms with Crippen LogP contribution in [-0.2, 0) is 11.3 Å². The Labute approximate surface area is 148 Å². The first-order valence-electron chi connectivity index (χ1n) is 8.71. The highest BCUT2D eigenvalue weighted by molar-refractivity contribution is 5.91. The van der Waals surface area contributed by atoms with Gasteiger partial charge < -0.3 is 5.32 Å². The Morgan fingerprint density at radius 3 is 2.96 bits per heavy atom. The molecule has 2 aromatic rings. The molecule has 25 heavy (non-hydrogen) atoms. The summed E-state index contributed by atoms with van der Waals surface area (Å²) in [5, 5.41) is 3.13. The summed E-state index contributed by atoms with van der Waals surface area (Å²) in [5.74, 6) is 0.368. The SMILES string of the molecule is C[C@@H]1CN(Cc2ccccn2)CC[C@H]1NC(=O)/C=C/c1cccnc1. The van der Waals surface area contributed by atoms with Crippen LogP contribution in [0.1, 0.15) is 24.6 Å². The van der Waals surface area contributed by atoms with Crippen molar-refractivity contribution in [3.05, 3.63) is 66.3 Å². The van der Waals surface area contributed by atoms with Crippen LogP contribution < -0.4 is 5.32 Å². The standard InChI is InChI=1S/C20H24N4O/c1-16-14-24(15-18-6-2-3-11-22-18)12-9-19(16)23-20(25)8-7-17-5-4-10-21-13-17/h2-8,10-11,13,16,19H,9,12,14-15H2,1H3,(H,23,25)/b8-7+/t16-,19-/m1/s1. The number of nitrogens with one attached hydrogen (secondary N) is 1. The number of hydrogen-bond acceptors (Lipinski definition) is 4. The van der Waals surface area contributed by atoms with Gasteiger partial charge in [-0.1, -0.05) is 19.1 Å². The Bertz CT molecular complexity index is 702. The molecule has 0 aromatic carbocycles. The number of pyridine rings is 2. The Hall–Kier alpha value is -2.53. The van der Waals surface area contributed by atoms with Gasteiger partial charge in [0.1, 0.15) is 0 Å². The average Bonchev–Trinajstić information content (AvgIpc) is 2.64. The van der Waals surface area contributed by atoms with Gasteiger partial charge in [0, 0.05) is 50.3 Å². The van der Waals surface area contributed by atoms with Gasteiger partial charge in [0.05, 0.1) is 5.69 Å². The van der Waals surface area contributed by atoms with Crippen molar-refractivity contribution in [3.63, 3.8) is 0 Å². The minimum absolute atomic E-state index is 0.0427. The van der Waals surface area contributed by atoms with Crippen LogP contribution in [0.25, 0.3) is 6.08 Å². The van der Waals surface area contributed by atoms with Gasteiger partial charge in [0.25, 0.3) is 0 Å². The van der Waals surface area contributed by atoms with Crippen LogP contribution in [-0.4, -0.2) is 39.9 Å². The van der Waals surface area contributed by atoms with E-state index in [1.807, 2.05) is 30.5 Å². The molecular formula is C20H24N4O. The molecule has 5 heteroatoms. The third kappa shape index (κ3) is 5.22. The van der Waals surface area contributed by atoms with E-state index in [0.29, 0.717) is 5.92 Å². The zero-order valence-corrected chi connectivity index (χ0v) is 14.5. The monoisotopic (exact) mass is 336 g/mol. The fraction of sp³-hybridized carbons (Fsp3) is 0.350. The van der Waals surface area contributed by atoms with Crippen molar-refractivity contribution in [1.82, 2.24) is 20.2 Å². The van der Waals surface area contributed by atoms with Crippen molar-refractivity contribution in [3.8, 4) is 0 Å². The number of rotatable bonds is 5. The fourth-order valence-electron chi connectivity index (χ4n) is 3.19. The van der Waals surface area contributed by atoms with Gasteiger partial charge in [-0.15, -0.1) is 0 Å². The highest BCUT2D eigenvalue weighted by Crippen LogP contribution is 2.18. The van der Waals surface area contributed by atoms with Crippen molar-refractivity contribution in [1.29, 1.82) is 0 Å². The van der Waals surface area contributed by atoms with Gasteiger partial charge in [-0.3, -0.25) is 19.7 Å². The van der Waals surface area contributed by atoms with Crippen molar-refractivity contribution >= 4 is 12.0 Å². The molecule has 0 aliphatic carbocycles. The number of nitrogens with zero attached hydrogens (tertiary/aromatic N) is 3. The van der Waals surface area contributed by atoms with Crippen LogP contribution >= 0.6 is 0 Å². The average molecular weight is 336 g/mol. The lowest BCUT2D eigenvalue weighted by Gasteiger charge is -2.37. The first-order chi connectivity index (χ1) is 12.2. The highest BCUT2D eigenvalue weighted by Gasteiger charge is 2.26. The molecule has 3 rings (SSSR count). The summed E-state index contributed by atoms with van der Waals surface area (Å²) in [5.41, 5.74) is 2.02. The van der Waals surface area contributed by atoms with Crippen molar-refractivity contribution in [2.24, 2.45) is 5.92 Å². The molecule has 1 fully saturated rings. The molecule has 1 amide bonds. The van der Waals surface area contributed by atoms with E-state index in [4.69, 9.17) is 0 Å². The van der Waals surface area contributed by atoms with E-state index in [9.17, 15) is 4.79 Å². The van der Waals surface area contributed by atoms with Crippen LogP contribution in [0.5, 0.6) is 0 Å². The number of amides is 1. The number of piperidine rings is 1. The second-order valence-electron chi connectivity index (χ2n) is 6.56. The van der Waals surface area contributed by atoms with Gasteiger partial charge in [0.15, 0.2) is 0 Å². The molecule has 1 saturated heterocycles. The number of aromatic nitrogens is 2. The molecule has 0 unspecified atom stereocenters. The lowest BCUT2D eigenvalue weighted by molar-refractivity contribution is -0.117. The van der Waals surface area contributed by atoms with Gasteiger partial charge in [-0.05, 0) is 42.2 Å². The van der Waals surface area contributed by atoms with Crippen LogP contribution in [0.3, 0.4) is 0 Å². The summed E-state index contributed by atoms with van der Waals surface area (Å²) < 4.78 is 0. The maximum atomic E-state index is 12.2. The molecule has 2 aromatic heterocycles. The van der Waals surface area contributed by atoms with Gasteiger partial charge in [0.2, 0.25) is 5.91 Å². The van der Waals surface area contributed by atoms with E-state index in [1.54, 1.807) is 24.5 Å². The number of carbonyl (C=O) groups excluding carboxylic acids is 1. The Morgan fingerprint density at radius 2 is 2.24 bits per heavy atom. The molecule has 1 N–H and O–H groups in total. The third-order valence-electron chi connectivity index (χ3n) is 4.54. The molecule has 2 atom stereocenters. The molecule has 0 saturated carbocycles. The second-order valence-corrected chi connectivity index (χ2v) is 6.56. The first-order valence-corrected chi connectivity index (χ1v) is 8.71. The maximum Gasteiger partial charge on any atom is 0.244 e. The van der Waals surface area contributed by atoms with Crippen LogP contribution in [0.4, 0.5) is 0 Å². The largest absolute Gasteiger partial charge is 0.349 e. The zero-order chi connectivity index (χ0) is 17.5. The van der Waals surface area contributed by atoms with E-state index in [-0.39, 0.29) is 11.9 Å². The molecule has 1 aliphatic rings. The van der Waals surface area contributed by atoms with Crippen molar-refractivity contribution in [2.45, 2.75) is 25.9 Å². The summed E-state index contributed by atoms with van der Waals surface area (Å²) in [7, 11) is 0. The molecule has 0 radical (unpaired) electrons. The first kappa shape index (κ1) is 17.3. The lowest BCUT2D eigenvalue weighted by atomic mass is 9.93. The quantitative estimate of drug-likeness (QED) is 0.853. The summed E-state index contributed by atoms with van der Waals surface area (Å²) >= 11 is 0. The van der Waals surface area contributed by atoms with E-state index >= 15 is 0 Å². The Morgan fingerprint density at radius 1 is 1.32 bits per heavy atom. The summed E-state index contributed by atoms with van der Waals surface area (Å²) in [4.78, 5) is 23.0. The predicted molar refractivity (Wildman–Crippen MR) is 98.5 cm³/mol. The van der Waals surface area contributed by atoms with E-state index in [2.05, 4.69) is 33.2 Å². The fourth-order valence-corrected chi connectivity index (χ4v) is 3.19. The Balaban J connectivity index is 1.48. The number of likely N-dealkylation sites (tertiary alicyclic amines) is 1. The number of hydrogen-bond donors (Lipinski definition) is 1. The zero-order valence-electron chi connectivity index (χ0n) is 14.5. The van der Waals surface area contributed by atoms with Crippen molar-refractivity contribution < 1.29 is 4.79 Å². The van der Waals surface area contributed by atoms with E-state index < -0.39 is 0 Å². The molecule has 0 bridgehead atoms. The minimum Gasteiger partial charge on any atom is -0.349 e. The summed E-state index contributed by atoms with van der Waals surface area (Å²) in [6.07, 6.45) is 9.63. The van der Waals surface area contributed by atoms with E-state index in [0.717, 1.165) is 37.3 Å². The van der Waals surface area contributed by atoms with E-state index in [1.165, 1.54) is 0 Å². The molecule has 1 aliphatic heterocycles. The van der Waals surface area contributed by atoms with Gasteiger partial charge in [-0.25, -0.2) is 0 Å². The van der Waals surface area contributed by atoms with Crippen molar-refractivity contribution in [2.75, 3.05) is 13.1 Å². The molecular weight excluding hydrogens is 312 g/mol. The van der Waals surface area contributed by atoms with Crippen LogP contribution in [0.15, 0.2) is 55.0 Å². The van der Waals surface area contributed by atoms with Crippen LogP contribution in [0.2, 0.25) is 0 Å². The Kier molecular flexibility index (Phi) is 5.90. The van der Waals surface area contributed by atoms with Gasteiger partial charge in [-0.2, -0.15) is 0 Å². The predicted octanol–water partition coefficient (Wildman–Crippen LogP) is 2.52. The number of carbonyl (C=O) groups is 1. The lowest BCUT2D eigenvalue weighted by Crippen LogP contribution is -2.49. The van der Waals surface area contributed by atoms with Gasteiger partial charge >= 0.3 is 0 Å². The van der Waals surface area contributed by atoms with Crippen LogP contribution in [0, 0.1) is 5.92 Å². The molecule has 130 valence electrons. The normalized spacial score (nSPS) is 21.3. The molecule has 5 nitrogen and oxygen atoms in total. The smallest absolute Gasteiger partial charge is 0.244 e. The third-order valence-corrected chi connectivity index (χ3v) is 4.54. The summed E-state index contributed by atoms with van der Waals surface area (Å²) in [6, 6.07) is 10.0.